The van der Waals surface area contributed by atoms with E-state index in [9.17, 15) is 14.9 Å². The first-order valence-electron chi connectivity index (χ1n) is 4.98. The Kier molecular flexibility index (Phi) is 3.87. The number of furan rings is 1. The molecule has 0 spiro atoms. The molecule has 0 atom stereocenters. The fourth-order valence-electron chi connectivity index (χ4n) is 1.34. The lowest BCUT2D eigenvalue weighted by Crippen LogP contribution is -2.11. The molecule has 0 bridgehead atoms. The molecule has 0 saturated heterocycles. The number of nitrogens with one attached hydrogen (secondary N) is 1. The lowest BCUT2D eigenvalue weighted by molar-refractivity contribution is -0.384. The average Bonchev–Trinajstić information content (AvgIpc) is 2.78. The van der Waals surface area contributed by atoms with Crippen molar-refractivity contribution >= 4 is 44.8 Å². The minimum Gasteiger partial charge on any atom is -0.444 e. The Balaban J connectivity index is 2.20. The summed E-state index contributed by atoms with van der Waals surface area (Å²) in [6, 6.07) is 6.83. The first-order valence-corrected chi connectivity index (χ1v) is 6.15. The van der Waals surface area contributed by atoms with E-state index in [2.05, 4.69) is 21.2 Å². The Hall–Kier alpha value is -1.86. The Bertz CT molecular complexity index is 656. The predicted molar refractivity (Wildman–Crippen MR) is 72.5 cm³/mol. The number of carbonyl (C=O) groups is 1. The van der Waals surface area contributed by atoms with Crippen molar-refractivity contribution in [3.05, 3.63) is 55.9 Å². The van der Waals surface area contributed by atoms with Gasteiger partial charge in [-0.05, 0) is 34.1 Å². The van der Waals surface area contributed by atoms with Crippen molar-refractivity contribution in [2.75, 3.05) is 5.32 Å². The highest BCUT2D eigenvalue weighted by atomic mass is 79.9. The van der Waals surface area contributed by atoms with Crippen molar-refractivity contribution in [3.63, 3.8) is 0 Å². The third kappa shape index (κ3) is 3.12. The second kappa shape index (κ2) is 5.41. The van der Waals surface area contributed by atoms with Gasteiger partial charge in [-0.1, -0.05) is 11.6 Å². The molecule has 0 aliphatic heterocycles. The molecular formula is C11H6BrClN2O4. The second-order valence-electron chi connectivity index (χ2n) is 3.48. The van der Waals surface area contributed by atoms with Crippen LogP contribution in [0.3, 0.4) is 0 Å². The largest absolute Gasteiger partial charge is 0.444 e. The van der Waals surface area contributed by atoms with E-state index < -0.39 is 10.8 Å². The Morgan fingerprint density at radius 1 is 1.37 bits per heavy atom. The highest BCUT2D eigenvalue weighted by Crippen LogP contribution is 2.27. The quantitative estimate of drug-likeness (QED) is 0.676. The maximum Gasteiger partial charge on any atom is 0.291 e. The maximum absolute atomic E-state index is 11.8. The minimum atomic E-state index is -0.568. The molecule has 0 saturated carbocycles. The fourth-order valence-corrected chi connectivity index (χ4v) is 1.87. The van der Waals surface area contributed by atoms with Crippen molar-refractivity contribution < 1.29 is 14.1 Å². The van der Waals surface area contributed by atoms with E-state index in [0.717, 1.165) is 6.07 Å². The predicted octanol–water partition coefficient (Wildman–Crippen LogP) is 3.86. The van der Waals surface area contributed by atoms with Crippen LogP contribution < -0.4 is 5.32 Å². The third-order valence-electron chi connectivity index (χ3n) is 2.21. The highest BCUT2D eigenvalue weighted by Gasteiger charge is 2.14. The van der Waals surface area contributed by atoms with Gasteiger partial charge in [-0.15, -0.1) is 0 Å². The number of nitrogens with zero attached hydrogens (tertiary/aromatic N) is 1. The van der Waals surface area contributed by atoms with Gasteiger partial charge >= 0.3 is 0 Å². The van der Waals surface area contributed by atoms with Gasteiger partial charge in [0, 0.05) is 12.1 Å². The van der Waals surface area contributed by atoms with Crippen LogP contribution in [0.1, 0.15) is 10.6 Å². The fraction of sp³-hybridized carbons (Fsp3) is 0. The standard InChI is InChI=1S/C11H6BrClN2O4/c12-10-4-3-9(19-10)11(16)14-8-2-1-6(15(17)18)5-7(8)13/h1-5H,(H,14,16). The summed E-state index contributed by atoms with van der Waals surface area (Å²) in [5.74, 6) is -0.400. The Morgan fingerprint density at radius 3 is 2.63 bits per heavy atom. The van der Waals surface area contributed by atoms with Gasteiger partial charge in [-0.2, -0.15) is 0 Å². The summed E-state index contributed by atoms with van der Waals surface area (Å²) in [6.45, 7) is 0. The van der Waals surface area contributed by atoms with E-state index in [4.69, 9.17) is 16.0 Å². The second-order valence-corrected chi connectivity index (χ2v) is 4.67. The molecule has 1 N–H and O–H groups in total. The Labute approximate surface area is 120 Å². The number of benzene rings is 1. The SMILES string of the molecule is O=C(Nc1ccc([N+](=O)[O-])cc1Cl)c1ccc(Br)o1. The number of amides is 1. The average molecular weight is 346 g/mol. The van der Waals surface area contributed by atoms with Crippen molar-refractivity contribution in [2.45, 2.75) is 0 Å². The van der Waals surface area contributed by atoms with Gasteiger partial charge in [0.05, 0.1) is 15.6 Å². The number of hydrogen-bond donors (Lipinski definition) is 1. The smallest absolute Gasteiger partial charge is 0.291 e. The van der Waals surface area contributed by atoms with Gasteiger partial charge in [0.2, 0.25) is 0 Å². The maximum atomic E-state index is 11.8. The van der Waals surface area contributed by atoms with Gasteiger partial charge in [0.25, 0.3) is 11.6 Å². The van der Waals surface area contributed by atoms with Crippen LogP contribution in [0.4, 0.5) is 11.4 Å². The lowest BCUT2D eigenvalue weighted by Gasteiger charge is -2.05. The summed E-state index contributed by atoms with van der Waals surface area (Å²) >= 11 is 8.93. The molecule has 0 fully saturated rings. The number of halogens is 2. The van der Waals surface area contributed by atoms with Crippen molar-refractivity contribution in [3.8, 4) is 0 Å². The van der Waals surface area contributed by atoms with Crippen LogP contribution in [0.5, 0.6) is 0 Å². The van der Waals surface area contributed by atoms with E-state index in [1.165, 1.54) is 18.2 Å². The summed E-state index contributed by atoms with van der Waals surface area (Å²) < 4.78 is 5.50. The molecule has 0 radical (unpaired) electrons. The summed E-state index contributed by atoms with van der Waals surface area (Å²) in [6.07, 6.45) is 0. The van der Waals surface area contributed by atoms with Gasteiger partial charge in [0.1, 0.15) is 0 Å². The molecule has 1 heterocycles. The topological polar surface area (TPSA) is 85.4 Å². The number of rotatable bonds is 3. The number of nitro groups is 1. The van der Waals surface area contributed by atoms with E-state index >= 15 is 0 Å². The van der Waals surface area contributed by atoms with Crippen molar-refractivity contribution in [1.82, 2.24) is 0 Å². The van der Waals surface area contributed by atoms with E-state index in [1.807, 2.05) is 0 Å². The molecule has 2 aromatic rings. The molecule has 0 aliphatic rings. The molecule has 0 unspecified atom stereocenters. The summed E-state index contributed by atoms with van der Waals surface area (Å²) in [5.41, 5.74) is 0.119. The number of hydrogen-bond acceptors (Lipinski definition) is 4. The molecule has 1 amide bonds. The third-order valence-corrected chi connectivity index (χ3v) is 2.95. The van der Waals surface area contributed by atoms with Gasteiger partial charge in [0.15, 0.2) is 10.4 Å². The number of non-ortho nitro benzene ring substituents is 1. The zero-order chi connectivity index (χ0) is 14.0. The number of anilines is 1. The number of nitro benzene ring substituents is 1. The normalized spacial score (nSPS) is 10.2. The van der Waals surface area contributed by atoms with E-state index in [1.54, 1.807) is 6.07 Å². The molecule has 6 nitrogen and oxygen atoms in total. The zero-order valence-electron chi connectivity index (χ0n) is 9.22. The number of carbonyl (C=O) groups excluding carboxylic acids is 1. The molecule has 1 aromatic heterocycles. The van der Waals surface area contributed by atoms with Crippen molar-refractivity contribution in [2.24, 2.45) is 0 Å². The molecule has 0 aliphatic carbocycles. The molecule has 1 aromatic carbocycles. The monoisotopic (exact) mass is 344 g/mol. The van der Waals surface area contributed by atoms with Crippen LogP contribution in [0, 0.1) is 10.1 Å². The van der Waals surface area contributed by atoms with E-state index in [0.29, 0.717) is 4.67 Å². The molecule has 98 valence electrons. The van der Waals surface area contributed by atoms with Gasteiger partial charge in [-0.25, -0.2) is 0 Å². The molecular weight excluding hydrogens is 339 g/mol. The van der Waals surface area contributed by atoms with Crippen LogP contribution >= 0.6 is 27.5 Å². The molecule has 19 heavy (non-hydrogen) atoms. The first-order chi connectivity index (χ1) is 8.97. The van der Waals surface area contributed by atoms with Crippen LogP contribution in [-0.2, 0) is 0 Å². The Morgan fingerprint density at radius 2 is 2.11 bits per heavy atom. The van der Waals surface area contributed by atoms with Crippen LogP contribution in [-0.4, -0.2) is 10.8 Å². The van der Waals surface area contributed by atoms with E-state index in [-0.39, 0.29) is 22.2 Å². The first kappa shape index (κ1) is 13.6. The van der Waals surface area contributed by atoms with Crippen LogP contribution in [0.15, 0.2) is 39.4 Å². The molecule has 8 heteroatoms. The van der Waals surface area contributed by atoms with Crippen molar-refractivity contribution in [1.29, 1.82) is 0 Å². The summed E-state index contributed by atoms with van der Waals surface area (Å²) in [4.78, 5) is 21.8. The zero-order valence-corrected chi connectivity index (χ0v) is 11.6. The summed E-state index contributed by atoms with van der Waals surface area (Å²) in [7, 11) is 0. The van der Waals surface area contributed by atoms with Crippen LogP contribution in [0.2, 0.25) is 5.02 Å². The van der Waals surface area contributed by atoms with Gasteiger partial charge < -0.3 is 9.73 Å². The molecule has 2 rings (SSSR count). The minimum absolute atomic E-state index is 0.0770. The van der Waals surface area contributed by atoms with Gasteiger partial charge in [-0.3, -0.25) is 14.9 Å². The van der Waals surface area contributed by atoms with Crippen LogP contribution in [0.25, 0.3) is 0 Å². The lowest BCUT2D eigenvalue weighted by atomic mass is 10.2. The highest BCUT2D eigenvalue weighted by molar-refractivity contribution is 9.10. The summed E-state index contributed by atoms with van der Waals surface area (Å²) in [5, 5.41) is 13.1.